The van der Waals surface area contributed by atoms with Crippen molar-refractivity contribution in [3.05, 3.63) is 85.5 Å². The van der Waals surface area contributed by atoms with E-state index in [1.165, 1.54) is 24.5 Å². The van der Waals surface area contributed by atoms with E-state index in [0.717, 1.165) is 14.9 Å². The first kappa shape index (κ1) is 21.0. The van der Waals surface area contributed by atoms with Crippen LogP contribution in [0.2, 0.25) is 0 Å². The molecule has 2 heterocycles. The Morgan fingerprint density at radius 3 is 2.55 bits per heavy atom. The van der Waals surface area contributed by atoms with E-state index in [9.17, 15) is 14.4 Å². The number of thiophene rings is 1. The number of nitrogens with one attached hydrogen (secondary N) is 1. The van der Waals surface area contributed by atoms with E-state index in [-0.39, 0.29) is 11.1 Å². The van der Waals surface area contributed by atoms with Gasteiger partial charge in [0.15, 0.2) is 0 Å². The molecule has 1 amide bonds. The molecule has 31 heavy (non-hydrogen) atoms. The molecule has 2 aromatic heterocycles. The fourth-order valence-corrected chi connectivity index (χ4v) is 4.74. The Bertz CT molecular complexity index is 1370. The highest BCUT2D eigenvalue weighted by molar-refractivity contribution is 9.10. The number of carbonyl (C=O) groups is 2. The fourth-order valence-electron chi connectivity index (χ4n) is 3.31. The van der Waals surface area contributed by atoms with Crippen molar-refractivity contribution in [2.24, 2.45) is 0 Å². The van der Waals surface area contributed by atoms with Crippen LogP contribution in [0, 0.1) is 6.92 Å². The summed E-state index contributed by atoms with van der Waals surface area (Å²) >= 11 is 4.60. The number of aryl methyl sites for hydroxylation is 1. The van der Waals surface area contributed by atoms with Crippen LogP contribution in [0.25, 0.3) is 22.1 Å². The number of methoxy groups -OCH3 is 1. The van der Waals surface area contributed by atoms with E-state index in [0.29, 0.717) is 21.5 Å². The highest BCUT2D eigenvalue weighted by Gasteiger charge is 2.26. The number of hydrogen-bond acceptors (Lipinski definition) is 6. The van der Waals surface area contributed by atoms with Gasteiger partial charge in [0.05, 0.1) is 7.11 Å². The zero-order valence-corrected chi connectivity index (χ0v) is 18.9. The van der Waals surface area contributed by atoms with Gasteiger partial charge in [-0.3, -0.25) is 4.79 Å². The normalized spacial score (nSPS) is 10.8. The number of rotatable bonds is 4. The number of ether oxygens (including phenoxy) is 1. The van der Waals surface area contributed by atoms with Gasteiger partial charge in [-0.1, -0.05) is 46.3 Å². The standard InChI is InChI=1S/C23H16BrNO5S/c1-12-18(13-6-4-3-5-7-13)19(23(28)29-2)21(31-12)25-20(26)16-11-14-10-15(24)8-9-17(14)30-22(16)27/h3-11H,1-2H3,(H,25,26). The SMILES string of the molecule is COC(=O)c1c(NC(=O)c2cc3cc(Br)ccc3oc2=O)sc(C)c1-c1ccccc1. The van der Waals surface area contributed by atoms with Crippen LogP contribution in [0.4, 0.5) is 5.00 Å². The Balaban J connectivity index is 1.79. The third-order valence-electron chi connectivity index (χ3n) is 4.70. The van der Waals surface area contributed by atoms with Crippen LogP contribution in [0.1, 0.15) is 25.6 Å². The van der Waals surface area contributed by atoms with Gasteiger partial charge in [0.2, 0.25) is 0 Å². The maximum Gasteiger partial charge on any atom is 0.349 e. The summed E-state index contributed by atoms with van der Waals surface area (Å²) in [5.41, 5.74) is 1.21. The summed E-state index contributed by atoms with van der Waals surface area (Å²) in [5.74, 6) is -1.24. The molecule has 0 spiro atoms. The van der Waals surface area contributed by atoms with E-state index in [4.69, 9.17) is 9.15 Å². The molecule has 0 aliphatic rings. The molecule has 8 heteroatoms. The second-order valence-corrected chi connectivity index (χ2v) is 8.82. The largest absolute Gasteiger partial charge is 0.465 e. The molecule has 0 radical (unpaired) electrons. The zero-order valence-electron chi connectivity index (χ0n) is 16.5. The molecule has 0 unspecified atom stereocenters. The van der Waals surface area contributed by atoms with Gasteiger partial charge in [-0.2, -0.15) is 0 Å². The van der Waals surface area contributed by atoms with Crippen molar-refractivity contribution in [1.82, 2.24) is 0 Å². The van der Waals surface area contributed by atoms with E-state index in [1.807, 2.05) is 37.3 Å². The van der Waals surface area contributed by atoms with Crippen molar-refractivity contribution >= 4 is 55.1 Å². The minimum absolute atomic E-state index is 0.159. The Labute approximate surface area is 189 Å². The number of amides is 1. The van der Waals surface area contributed by atoms with Gasteiger partial charge in [-0.05, 0) is 36.8 Å². The van der Waals surface area contributed by atoms with Crippen molar-refractivity contribution in [3.63, 3.8) is 0 Å². The van der Waals surface area contributed by atoms with Crippen LogP contribution in [0.5, 0.6) is 0 Å². The number of benzene rings is 2. The number of hydrogen-bond donors (Lipinski definition) is 1. The Morgan fingerprint density at radius 2 is 1.84 bits per heavy atom. The first-order valence-corrected chi connectivity index (χ1v) is 10.8. The molecule has 6 nitrogen and oxygen atoms in total. The molecule has 0 fully saturated rings. The maximum absolute atomic E-state index is 13.0. The van der Waals surface area contributed by atoms with Gasteiger partial charge in [0.1, 0.15) is 21.7 Å². The molecule has 4 rings (SSSR count). The molecule has 0 saturated carbocycles. The lowest BCUT2D eigenvalue weighted by atomic mass is 10.0. The van der Waals surface area contributed by atoms with Crippen LogP contribution in [0.3, 0.4) is 0 Å². The summed E-state index contributed by atoms with van der Waals surface area (Å²) in [6, 6.07) is 16.0. The van der Waals surface area contributed by atoms with Crippen molar-refractivity contribution in [1.29, 1.82) is 0 Å². The van der Waals surface area contributed by atoms with E-state index >= 15 is 0 Å². The average Bonchev–Trinajstić information content (AvgIpc) is 3.08. The molecule has 2 aromatic carbocycles. The summed E-state index contributed by atoms with van der Waals surface area (Å²) in [6.45, 7) is 1.86. The number of halogens is 1. The number of anilines is 1. The predicted octanol–water partition coefficient (Wildman–Crippen LogP) is 5.63. The molecule has 0 bridgehead atoms. The summed E-state index contributed by atoms with van der Waals surface area (Å²) in [4.78, 5) is 38.8. The molecule has 0 atom stereocenters. The van der Waals surface area contributed by atoms with Crippen molar-refractivity contribution in [2.45, 2.75) is 6.92 Å². The second kappa shape index (κ2) is 8.49. The molecular formula is C23H16BrNO5S. The van der Waals surface area contributed by atoms with Crippen LogP contribution < -0.4 is 10.9 Å². The number of carbonyl (C=O) groups excluding carboxylic acids is 2. The van der Waals surface area contributed by atoms with Gasteiger partial charge in [0, 0.05) is 20.3 Å². The van der Waals surface area contributed by atoms with Gasteiger partial charge in [0.25, 0.3) is 5.91 Å². The molecule has 0 aliphatic heterocycles. The van der Waals surface area contributed by atoms with Crippen LogP contribution in [0.15, 0.2) is 68.3 Å². The highest BCUT2D eigenvalue weighted by Crippen LogP contribution is 2.40. The smallest absolute Gasteiger partial charge is 0.349 e. The van der Waals surface area contributed by atoms with Gasteiger partial charge >= 0.3 is 11.6 Å². The minimum atomic E-state index is -0.761. The molecule has 0 aliphatic carbocycles. The minimum Gasteiger partial charge on any atom is -0.465 e. The predicted molar refractivity (Wildman–Crippen MR) is 124 cm³/mol. The second-order valence-electron chi connectivity index (χ2n) is 6.68. The van der Waals surface area contributed by atoms with Gasteiger partial charge < -0.3 is 14.5 Å². The summed E-state index contributed by atoms with van der Waals surface area (Å²) < 4.78 is 11.0. The first-order valence-electron chi connectivity index (χ1n) is 9.21. The van der Waals surface area contributed by atoms with Crippen LogP contribution in [-0.2, 0) is 4.74 Å². The zero-order chi connectivity index (χ0) is 22.1. The molecule has 4 aromatic rings. The summed E-state index contributed by atoms with van der Waals surface area (Å²) in [6.07, 6.45) is 0. The Morgan fingerprint density at radius 1 is 1.10 bits per heavy atom. The number of esters is 1. The highest BCUT2D eigenvalue weighted by atomic mass is 79.9. The maximum atomic E-state index is 13.0. The number of fused-ring (bicyclic) bond motifs is 1. The third-order valence-corrected chi connectivity index (χ3v) is 6.22. The quantitative estimate of drug-likeness (QED) is 0.291. The molecular weight excluding hydrogens is 482 g/mol. The van der Waals surface area contributed by atoms with E-state index < -0.39 is 17.5 Å². The first-order chi connectivity index (χ1) is 14.9. The lowest BCUT2D eigenvalue weighted by Gasteiger charge is -2.08. The summed E-state index contributed by atoms with van der Waals surface area (Å²) in [7, 11) is 1.28. The van der Waals surface area contributed by atoms with Crippen molar-refractivity contribution in [2.75, 3.05) is 12.4 Å². The van der Waals surface area contributed by atoms with Gasteiger partial charge in [-0.15, -0.1) is 11.3 Å². The third kappa shape index (κ3) is 4.04. The fraction of sp³-hybridized carbons (Fsp3) is 0.0870. The van der Waals surface area contributed by atoms with Crippen LogP contribution in [-0.4, -0.2) is 19.0 Å². The Kier molecular flexibility index (Phi) is 5.75. The molecule has 1 N–H and O–H groups in total. The van der Waals surface area contributed by atoms with E-state index in [2.05, 4.69) is 21.2 Å². The monoisotopic (exact) mass is 497 g/mol. The van der Waals surface area contributed by atoms with E-state index in [1.54, 1.807) is 18.2 Å². The lowest BCUT2D eigenvalue weighted by molar-refractivity contribution is 0.0603. The van der Waals surface area contributed by atoms with Crippen molar-refractivity contribution < 1.29 is 18.7 Å². The van der Waals surface area contributed by atoms with Crippen molar-refractivity contribution in [3.8, 4) is 11.1 Å². The summed E-state index contributed by atoms with van der Waals surface area (Å²) in [5, 5.41) is 3.60. The Hall–Kier alpha value is -3.23. The lowest BCUT2D eigenvalue weighted by Crippen LogP contribution is -2.21. The topological polar surface area (TPSA) is 85.6 Å². The average molecular weight is 498 g/mol. The molecule has 0 saturated heterocycles. The molecule has 156 valence electrons. The van der Waals surface area contributed by atoms with Gasteiger partial charge in [-0.25, -0.2) is 9.59 Å². The van der Waals surface area contributed by atoms with Crippen LogP contribution >= 0.6 is 27.3 Å².